The maximum absolute atomic E-state index is 14.2. The van der Waals surface area contributed by atoms with Crippen LogP contribution in [-0.2, 0) is 9.47 Å². The van der Waals surface area contributed by atoms with E-state index >= 15 is 0 Å². The largest absolute Gasteiger partial charge is 0.336 e. The third kappa shape index (κ3) is 3.97. The highest BCUT2D eigenvalue weighted by Gasteiger charge is 2.61. The summed E-state index contributed by atoms with van der Waals surface area (Å²) in [6, 6.07) is 33.7. The summed E-state index contributed by atoms with van der Waals surface area (Å²) in [5.74, 6) is -0.916. The topological polar surface area (TPSA) is 52.6 Å². The summed E-state index contributed by atoms with van der Waals surface area (Å²) < 4.78 is 12.8. The van der Waals surface area contributed by atoms with Crippen LogP contribution in [0.2, 0.25) is 5.02 Å². The van der Waals surface area contributed by atoms with Crippen LogP contribution in [0.25, 0.3) is 0 Å². The van der Waals surface area contributed by atoms with Gasteiger partial charge in [-0.05, 0) is 17.7 Å². The second-order valence-electron chi connectivity index (χ2n) is 8.06. The zero-order valence-corrected chi connectivity index (χ0v) is 18.9. The lowest BCUT2D eigenvalue weighted by atomic mass is 9.78. The van der Waals surface area contributed by atoms with Crippen LogP contribution in [0, 0.1) is 0 Å². The molecule has 168 valence electrons. The average Bonchev–Trinajstić information content (AvgIpc) is 3.31. The van der Waals surface area contributed by atoms with E-state index in [1.165, 1.54) is 0 Å². The van der Waals surface area contributed by atoms with Crippen molar-refractivity contribution in [3.63, 3.8) is 0 Å². The van der Waals surface area contributed by atoms with Gasteiger partial charge in [-0.1, -0.05) is 115 Å². The third-order valence-corrected chi connectivity index (χ3v) is 6.13. The number of rotatable bonds is 6. The molecule has 0 radical (unpaired) electrons. The highest BCUT2D eigenvalue weighted by atomic mass is 35.5. The van der Waals surface area contributed by atoms with Gasteiger partial charge in [0.25, 0.3) is 0 Å². The second kappa shape index (κ2) is 9.35. The molecule has 0 saturated carbocycles. The van der Waals surface area contributed by atoms with Gasteiger partial charge in [0, 0.05) is 21.7 Å². The Hall–Kier alpha value is -3.57. The fourth-order valence-electron chi connectivity index (χ4n) is 4.27. The summed E-state index contributed by atoms with van der Waals surface area (Å²) in [5.41, 5.74) is 0.0839. The number of carbonyl (C=O) groups is 2. The molecule has 1 saturated heterocycles. The van der Waals surface area contributed by atoms with Crippen molar-refractivity contribution in [1.29, 1.82) is 0 Å². The molecule has 0 aromatic heterocycles. The van der Waals surface area contributed by atoms with Crippen LogP contribution in [0.15, 0.2) is 115 Å². The molecular formula is C29H21ClO4. The normalized spacial score (nSPS) is 19.0. The van der Waals surface area contributed by atoms with Crippen LogP contribution in [0.5, 0.6) is 0 Å². The number of ketones is 2. The maximum Gasteiger partial charge on any atom is 0.226 e. The summed E-state index contributed by atoms with van der Waals surface area (Å²) in [7, 11) is 0. The Morgan fingerprint density at radius 2 is 1.15 bits per heavy atom. The lowest BCUT2D eigenvalue weighted by Gasteiger charge is -2.30. The SMILES string of the molecule is O=C(c1ccccc1)C1(C(=O)c2ccccc2)OC(c2cccc(Cl)c2)OC1c1ccccc1. The predicted octanol–water partition coefficient (Wildman–Crippen LogP) is 6.63. The Labute approximate surface area is 202 Å². The summed E-state index contributed by atoms with van der Waals surface area (Å²) in [5, 5.41) is 0.502. The highest BCUT2D eigenvalue weighted by molar-refractivity contribution is 6.30. The molecule has 34 heavy (non-hydrogen) atoms. The molecule has 0 aliphatic carbocycles. The van der Waals surface area contributed by atoms with Gasteiger partial charge in [0.05, 0.1) is 0 Å². The van der Waals surface area contributed by atoms with Crippen LogP contribution in [-0.4, -0.2) is 17.2 Å². The van der Waals surface area contributed by atoms with Gasteiger partial charge in [0.1, 0.15) is 6.10 Å². The standard InChI is InChI=1S/C29H21ClO4/c30-24-18-10-17-23(19-24)28-33-27(22-15-8-3-9-16-22)29(34-28,25(31)20-11-4-1-5-12-20)26(32)21-13-6-2-7-14-21/h1-19,27-28H. The van der Waals surface area contributed by atoms with Gasteiger partial charge in [-0.15, -0.1) is 0 Å². The van der Waals surface area contributed by atoms with E-state index in [1.54, 1.807) is 72.8 Å². The summed E-state index contributed by atoms with van der Waals surface area (Å²) in [6.07, 6.45) is -1.94. The summed E-state index contributed by atoms with van der Waals surface area (Å²) >= 11 is 6.22. The van der Waals surface area contributed by atoms with E-state index in [-0.39, 0.29) is 0 Å². The minimum Gasteiger partial charge on any atom is -0.336 e. The first kappa shape index (κ1) is 22.2. The van der Waals surface area contributed by atoms with Crippen molar-refractivity contribution in [1.82, 2.24) is 0 Å². The lowest BCUT2D eigenvalue weighted by Crippen LogP contribution is -2.50. The molecule has 0 amide bonds. The van der Waals surface area contributed by atoms with E-state index in [1.807, 2.05) is 42.5 Å². The smallest absolute Gasteiger partial charge is 0.226 e. The number of hydrogen-bond acceptors (Lipinski definition) is 4. The molecule has 4 nitrogen and oxygen atoms in total. The Morgan fingerprint density at radius 1 is 0.647 bits per heavy atom. The third-order valence-electron chi connectivity index (χ3n) is 5.89. The Balaban J connectivity index is 1.72. The number of benzene rings is 4. The van der Waals surface area contributed by atoms with E-state index in [2.05, 4.69) is 0 Å². The number of ether oxygens (including phenoxy) is 2. The Kier molecular flexibility index (Phi) is 6.12. The Morgan fingerprint density at radius 3 is 1.68 bits per heavy atom. The number of halogens is 1. The summed E-state index contributed by atoms with van der Waals surface area (Å²) in [6.45, 7) is 0. The highest BCUT2D eigenvalue weighted by Crippen LogP contribution is 2.50. The molecule has 2 unspecified atom stereocenters. The van der Waals surface area contributed by atoms with Gasteiger partial charge < -0.3 is 9.47 Å². The van der Waals surface area contributed by atoms with Crippen molar-refractivity contribution >= 4 is 23.2 Å². The molecule has 0 N–H and O–H groups in total. The number of carbonyl (C=O) groups excluding carboxylic acids is 2. The molecule has 5 rings (SSSR count). The van der Waals surface area contributed by atoms with E-state index in [0.717, 1.165) is 0 Å². The molecule has 1 aliphatic heterocycles. The fourth-order valence-corrected chi connectivity index (χ4v) is 4.47. The van der Waals surface area contributed by atoms with Gasteiger partial charge >= 0.3 is 0 Å². The predicted molar refractivity (Wildman–Crippen MR) is 130 cm³/mol. The summed E-state index contributed by atoms with van der Waals surface area (Å²) in [4.78, 5) is 28.3. The molecule has 1 heterocycles. The van der Waals surface area contributed by atoms with Crippen molar-refractivity contribution in [2.75, 3.05) is 0 Å². The molecular weight excluding hydrogens is 448 g/mol. The molecule has 4 aromatic carbocycles. The van der Waals surface area contributed by atoms with E-state index < -0.39 is 29.6 Å². The quantitative estimate of drug-likeness (QED) is 0.235. The van der Waals surface area contributed by atoms with E-state index in [0.29, 0.717) is 27.3 Å². The molecule has 0 bridgehead atoms. The Bertz CT molecular complexity index is 1250. The maximum atomic E-state index is 14.2. The molecule has 2 atom stereocenters. The van der Waals surface area contributed by atoms with Crippen molar-refractivity contribution < 1.29 is 19.1 Å². The van der Waals surface area contributed by atoms with Gasteiger partial charge in [-0.2, -0.15) is 0 Å². The van der Waals surface area contributed by atoms with Gasteiger partial charge in [0.2, 0.25) is 17.2 Å². The van der Waals surface area contributed by atoms with Crippen LogP contribution in [0.1, 0.15) is 44.2 Å². The number of Topliss-reactive ketones (excluding diaryl/α,β-unsaturated/α-hetero) is 2. The van der Waals surface area contributed by atoms with E-state index in [4.69, 9.17) is 21.1 Å². The lowest BCUT2D eigenvalue weighted by molar-refractivity contribution is -0.0768. The van der Waals surface area contributed by atoms with Crippen LogP contribution >= 0.6 is 11.6 Å². The van der Waals surface area contributed by atoms with Crippen LogP contribution in [0.4, 0.5) is 0 Å². The molecule has 1 fully saturated rings. The van der Waals surface area contributed by atoms with Crippen molar-refractivity contribution in [2.24, 2.45) is 0 Å². The molecule has 5 heteroatoms. The van der Waals surface area contributed by atoms with Crippen molar-refractivity contribution in [3.05, 3.63) is 143 Å². The molecule has 4 aromatic rings. The molecule has 0 spiro atoms. The van der Waals surface area contributed by atoms with Crippen LogP contribution < -0.4 is 0 Å². The number of hydrogen-bond donors (Lipinski definition) is 0. The average molecular weight is 469 g/mol. The molecule has 1 aliphatic rings. The second-order valence-corrected chi connectivity index (χ2v) is 8.49. The van der Waals surface area contributed by atoms with E-state index in [9.17, 15) is 9.59 Å². The first-order chi connectivity index (χ1) is 16.6. The van der Waals surface area contributed by atoms with Gasteiger partial charge in [0.15, 0.2) is 6.29 Å². The zero-order valence-electron chi connectivity index (χ0n) is 18.1. The zero-order chi connectivity index (χ0) is 23.5. The first-order valence-corrected chi connectivity index (χ1v) is 11.3. The van der Waals surface area contributed by atoms with Gasteiger partial charge in [-0.3, -0.25) is 9.59 Å². The van der Waals surface area contributed by atoms with Crippen molar-refractivity contribution in [2.45, 2.75) is 18.0 Å². The van der Waals surface area contributed by atoms with Crippen LogP contribution in [0.3, 0.4) is 0 Å². The monoisotopic (exact) mass is 468 g/mol. The first-order valence-electron chi connectivity index (χ1n) is 10.9. The minimum absolute atomic E-state index is 0.364. The van der Waals surface area contributed by atoms with Gasteiger partial charge in [-0.25, -0.2) is 0 Å². The van der Waals surface area contributed by atoms with Crippen molar-refractivity contribution in [3.8, 4) is 0 Å². The fraction of sp³-hybridized carbons (Fsp3) is 0.103. The minimum atomic E-state index is -1.93.